The Morgan fingerprint density at radius 3 is 1.10 bits per heavy atom. The average molecular weight is 631 g/mol. The molecule has 6 aromatic carbocycles. The molecule has 0 saturated carbocycles. The molecule has 0 unspecified atom stereocenters. The summed E-state index contributed by atoms with van der Waals surface area (Å²) in [7, 11) is 0. The van der Waals surface area contributed by atoms with Crippen molar-refractivity contribution in [2.24, 2.45) is 0 Å². The van der Waals surface area contributed by atoms with Crippen LogP contribution in [0.25, 0.3) is 21.5 Å². The maximum Gasteiger partial charge on any atom is 0.132 e. The van der Waals surface area contributed by atoms with Crippen LogP contribution in [0.5, 0.6) is 11.5 Å². The van der Waals surface area contributed by atoms with Crippen molar-refractivity contribution in [2.45, 2.75) is 100 Å². The molecule has 0 saturated heterocycles. The number of hydrogen-bond acceptors (Lipinski definition) is 1. The molecule has 1 nitrogen and oxygen atoms in total. The lowest BCUT2D eigenvalue weighted by molar-refractivity contribution is 0.363. The van der Waals surface area contributed by atoms with Crippen LogP contribution in [-0.4, -0.2) is 0 Å². The number of ether oxygens (including phenoxy) is 1. The highest BCUT2D eigenvalue weighted by Gasteiger charge is 2.45. The molecule has 6 aromatic rings. The Morgan fingerprint density at radius 1 is 0.417 bits per heavy atom. The first kappa shape index (κ1) is 32.2. The minimum Gasteiger partial charge on any atom is -0.457 e. The molecular formula is C47H50O. The van der Waals surface area contributed by atoms with Crippen LogP contribution in [0.3, 0.4) is 0 Å². The van der Waals surface area contributed by atoms with Crippen LogP contribution < -0.4 is 4.74 Å². The van der Waals surface area contributed by atoms with Gasteiger partial charge in [0, 0.05) is 16.5 Å². The first-order valence-electron chi connectivity index (χ1n) is 17.8. The van der Waals surface area contributed by atoms with Crippen molar-refractivity contribution in [2.75, 3.05) is 0 Å². The summed E-state index contributed by atoms with van der Waals surface area (Å²) in [5, 5.41) is 5.62. The Hall–Kier alpha value is -4.36. The van der Waals surface area contributed by atoms with Crippen LogP contribution in [-0.2, 0) is 18.3 Å². The number of hydrogen-bond donors (Lipinski definition) is 0. The van der Waals surface area contributed by atoms with E-state index < -0.39 is 0 Å². The summed E-state index contributed by atoms with van der Waals surface area (Å²) >= 11 is 0. The molecule has 0 N–H and O–H groups in total. The lowest BCUT2D eigenvalue weighted by Gasteiger charge is -2.44. The SMILES string of the molecule is Cc1c(C)c(C)c2c3c(cc(C)c2c1C)Oc1cc(C)c2c(C)c(C)c(C)c(C)c2c1C3(CCc1ccccc1)CCc1ccccc1. The molecule has 48 heavy (non-hydrogen) atoms. The number of benzene rings is 6. The lowest BCUT2D eigenvalue weighted by Crippen LogP contribution is -2.34. The third kappa shape index (κ3) is 4.80. The van der Waals surface area contributed by atoms with Gasteiger partial charge in [-0.2, -0.15) is 0 Å². The quantitative estimate of drug-likeness (QED) is 0.178. The van der Waals surface area contributed by atoms with Gasteiger partial charge in [-0.05, 0) is 195 Å². The van der Waals surface area contributed by atoms with Gasteiger partial charge in [-0.25, -0.2) is 0 Å². The third-order valence-electron chi connectivity index (χ3n) is 12.4. The predicted molar refractivity (Wildman–Crippen MR) is 206 cm³/mol. The highest BCUT2D eigenvalue weighted by molar-refractivity contribution is 6.03. The summed E-state index contributed by atoms with van der Waals surface area (Å²) < 4.78 is 7.24. The summed E-state index contributed by atoms with van der Waals surface area (Å²) in [5.41, 5.74) is 19.0. The first-order chi connectivity index (χ1) is 23.0. The summed E-state index contributed by atoms with van der Waals surface area (Å²) in [5.74, 6) is 2.08. The number of rotatable bonds is 6. The monoisotopic (exact) mass is 630 g/mol. The fraction of sp³-hybridized carbons (Fsp3) is 0.319. The lowest BCUT2D eigenvalue weighted by atomic mass is 9.62. The fourth-order valence-electron chi connectivity index (χ4n) is 9.15. The highest BCUT2D eigenvalue weighted by atomic mass is 16.5. The standard InChI is InChI=1S/C47H50O/c1-27-25-39-45(43-35(9)31(5)29(3)33(7)41(27)43)47(23-21-37-17-13-11-14-18-37,24-22-38-19-15-12-16-20-38)46-40(48-39)26-28(2)42-34(8)30(4)32(6)36(10)44(42)46/h11-20,25-26H,21-24H2,1-10H3. The van der Waals surface area contributed by atoms with E-state index >= 15 is 0 Å². The third-order valence-corrected chi connectivity index (χ3v) is 12.4. The van der Waals surface area contributed by atoms with Gasteiger partial charge < -0.3 is 4.74 Å². The molecule has 7 rings (SSSR count). The van der Waals surface area contributed by atoms with Crippen LogP contribution in [0.1, 0.15) is 90.7 Å². The largest absolute Gasteiger partial charge is 0.457 e. The van der Waals surface area contributed by atoms with E-state index in [4.69, 9.17) is 4.74 Å². The molecule has 0 fully saturated rings. The van der Waals surface area contributed by atoms with Crippen molar-refractivity contribution >= 4 is 21.5 Å². The van der Waals surface area contributed by atoms with E-state index in [1.807, 2.05) is 0 Å². The van der Waals surface area contributed by atoms with E-state index in [-0.39, 0.29) is 5.41 Å². The van der Waals surface area contributed by atoms with Crippen molar-refractivity contribution in [3.63, 3.8) is 0 Å². The normalized spacial score (nSPS) is 13.5. The van der Waals surface area contributed by atoms with Gasteiger partial charge in [0.15, 0.2) is 0 Å². The van der Waals surface area contributed by atoms with Gasteiger partial charge in [-0.15, -0.1) is 0 Å². The average Bonchev–Trinajstić information content (AvgIpc) is 3.09. The van der Waals surface area contributed by atoms with Crippen molar-refractivity contribution in [3.8, 4) is 11.5 Å². The molecule has 1 aliphatic heterocycles. The predicted octanol–water partition coefficient (Wildman–Crippen LogP) is 12.7. The van der Waals surface area contributed by atoms with Gasteiger partial charge in [0.1, 0.15) is 11.5 Å². The smallest absolute Gasteiger partial charge is 0.132 e. The first-order valence-corrected chi connectivity index (χ1v) is 17.8. The molecule has 1 aliphatic rings. The van der Waals surface area contributed by atoms with E-state index in [9.17, 15) is 0 Å². The number of fused-ring (bicyclic) bond motifs is 6. The molecule has 1 heteroatoms. The van der Waals surface area contributed by atoms with E-state index in [1.54, 1.807) is 0 Å². The van der Waals surface area contributed by atoms with Gasteiger partial charge >= 0.3 is 0 Å². The van der Waals surface area contributed by atoms with E-state index in [1.165, 1.54) is 99.4 Å². The summed E-state index contributed by atoms with van der Waals surface area (Å²) in [6.07, 6.45) is 3.98. The highest BCUT2D eigenvalue weighted by Crippen LogP contribution is 2.59. The molecular weight excluding hydrogens is 581 g/mol. The van der Waals surface area contributed by atoms with E-state index in [2.05, 4.69) is 142 Å². The topological polar surface area (TPSA) is 9.23 Å². The molecule has 0 amide bonds. The zero-order chi connectivity index (χ0) is 34.1. The Bertz CT molecular complexity index is 2070. The zero-order valence-electron chi connectivity index (χ0n) is 30.7. The molecule has 0 atom stereocenters. The van der Waals surface area contributed by atoms with Gasteiger partial charge in [0.2, 0.25) is 0 Å². The van der Waals surface area contributed by atoms with Crippen molar-refractivity contribution in [1.29, 1.82) is 0 Å². The molecule has 1 heterocycles. The minimum absolute atomic E-state index is 0.287. The van der Waals surface area contributed by atoms with Crippen molar-refractivity contribution < 1.29 is 4.74 Å². The van der Waals surface area contributed by atoms with Crippen LogP contribution in [0.2, 0.25) is 0 Å². The van der Waals surface area contributed by atoms with Crippen LogP contribution in [0, 0.1) is 69.2 Å². The summed E-state index contributed by atoms with van der Waals surface area (Å²) in [4.78, 5) is 0. The Balaban J connectivity index is 1.68. The fourth-order valence-corrected chi connectivity index (χ4v) is 9.15. The molecule has 0 aliphatic carbocycles. The molecule has 244 valence electrons. The Labute approximate surface area is 288 Å². The summed E-state index contributed by atoms with van der Waals surface area (Å²) in [6, 6.07) is 27.0. The summed E-state index contributed by atoms with van der Waals surface area (Å²) in [6.45, 7) is 23.2. The second-order valence-electron chi connectivity index (χ2n) is 14.8. The van der Waals surface area contributed by atoms with Crippen molar-refractivity contribution in [3.05, 3.63) is 151 Å². The van der Waals surface area contributed by atoms with Gasteiger partial charge in [0.05, 0.1) is 0 Å². The second kappa shape index (κ2) is 12.0. The van der Waals surface area contributed by atoms with Crippen LogP contribution >= 0.6 is 0 Å². The molecule has 0 bridgehead atoms. The Morgan fingerprint density at radius 2 is 0.750 bits per heavy atom. The van der Waals surface area contributed by atoms with Gasteiger partial charge in [-0.1, -0.05) is 60.7 Å². The zero-order valence-corrected chi connectivity index (χ0v) is 30.7. The second-order valence-corrected chi connectivity index (χ2v) is 14.8. The van der Waals surface area contributed by atoms with Crippen LogP contribution in [0.15, 0.2) is 72.8 Å². The minimum atomic E-state index is -0.287. The molecule has 0 aromatic heterocycles. The maximum atomic E-state index is 7.24. The number of aryl methyl sites for hydroxylation is 8. The van der Waals surface area contributed by atoms with E-state index in [0.717, 1.165) is 37.2 Å². The molecule has 0 radical (unpaired) electrons. The van der Waals surface area contributed by atoms with Gasteiger partial charge in [-0.3, -0.25) is 0 Å². The van der Waals surface area contributed by atoms with Crippen LogP contribution in [0.4, 0.5) is 0 Å². The van der Waals surface area contributed by atoms with Crippen molar-refractivity contribution in [1.82, 2.24) is 0 Å². The molecule has 0 spiro atoms. The maximum absolute atomic E-state index is 7.24. The van der Waals surface area contributed by atoms with E-state index in [0.29, 0.717) is 0 Å². The van der Waals surface area contributed by atoms with Gasteiger partial charge in [0.25, 0.3) is 0 Å². The Kier molecular flexibility index (Phi) is 8.02.